The second kappa shape index (κ2) is 5.94. The van der Waals surface area contributed by atoms with E-state index in [1.807, 2.05) is 0 Å². The topological polar surface area (TPSA) is 111 Å². The van der Waals surface area contributed by atoms with E-state index < -0.39 is 0 Å². The highest BCUT2D eigenvalue weighted by Crippen LogP contribution is 2.37. The van der Waals surface area contributed by atoms with E-state index in [2.05, 4.69) is 0 Å². The number of Topliss-reactive ketones (excluding diaryl/α,β-unsaturated/α-hetero) is 2. The first-order chi connectivity index (χ1) is 10.9. The maximum atomic E-state index is 12.2. The summed E-state index contributed by atoms with van der Waals surface area (Å²) in [6, 6.07) is 0. The smallest absolute Gasteiger partial charge is 0.163 e. The van der Waals surface area contributed by atoms with Gasteiger partial charge in [0, 0.05) is 17.7 Å². The normalized spacial score (nSPS) is 22.0. The number of ether oxygens (including phenoxy) is 2. The van der Waals surface area contributed by atoms with Crippen LogP contribution < -0.4 is 11.5 Å². The van der Waals surface area contributed by atoms with E-state index in [1.165, 1.54) is 13.8 Å². The number of hydrogen-bond donors (Lipinski definition) is 2. The van der Waals surface area contributed by atoms with Crippen molar-refractivity contribution in [2.45, 2.75) is 45.3 Å². The van der Waals surface area contributed by atoms with Crippen LogP contribution in [0.3, 0.4) is 0 Å². The van der Waals surface area contributed by atoms with Crippen molar-refractivity contribution < 1.29 is 19.1 Å². The SMILES string of the molecule is CC(=O)c1c(N)c(CC2CO2)c(CCC2CO2)c(C(C)=O)c1N. The van der Waals surface area contributed by atoms with Gasteiger partial charge >= 0.3 is 0 Å². The number of nitrogens with two attached hydrogens (primary N) is 2. The highest BCUT2D eigenvalue weighted by Gasteiger charge is 2.31. The zero-order valence-electron chi connectivity index (χ0n) is 13.5. The van der Waals surface area contributed by atoms with Gasteiger partial charge in [-0.25, -0.2) is 0 Å². The van der Waals surface area contributed by atoms with Crippen LogP contribution in [0.1, 0.15) is 52.1 Å². The van der Waals surface area contributed by atoms with Crippen LogP contribution in [-0.4, -0.2) is 37.0 Å². The average molecular weight is 318 g/mol. The lowest BCUT2D eigenvalue weighted by Crippen LogP contribution is -2.18. The van der Waals surface area contributed by atoms with Gasteiger partial charge in [0.1, 0.15) is 0 Å². The van der Waals surface area contributed by atoms with Crippen LogP contribution in [-0.2, 0) is 22.3 Å². The number of epoxide rings is 2. The third-order valence-corrected chi connectivity index (χ3v) is 4.46. The number of rotatable bonds is 7. The molecule has 2 unspecified atom stereocenters. The van der Waals surface area contributed by atoms with E-state index in [-0.39, 0.29) is 35.0 Å². The quantitative estimate of drug-likeness (QED) is 0.448. The summed E-state index contributed by atoms with van der Waals surface area (Å²) in [5, 5.41) is 0. The van der Waals surface area contributed by atoms with Crippen LogP contribution in [0.5, 0.6) is 0 Å². The Morgan fingerprint density at radius 2 is 1.52 bits per heavy atom. The first-order valence-corrected chi connectivity index (χ1v) is 7.87. The second-order valence-corrected chi connectivity index (χ2v) is 6.30. The van der Waals surface area contributed by atoms with E-state index in [1.54, 1.807) is 0 Å². The summed E-state index contributed by atoms with van der Waals surface area (Å²) >= 11 is 0. The molecule has 1 aromatic rings. The predicted molar refractivity (Wildman–Crippen MR) is 86.8 cm³/mol. The lowest BCUT2D eigenvalue weighted by atomic mass is 9.85. The van der Waals surface area contributed by atoms with Gasteiger partial charge < -0.3 is 20.9 Å². The van der Waals surface area contributed by atoms with E-state index in [4.69, 9.17) is 20.9 Å². The fourth-order valence-corrected chi connectivity index (χ4v) is 3.14. The summed E-state index contributed by atoms with van der Waals surface area (Å²) in [5.74, 6) is -0.368. The van der Waals surface area contributed by atoms with Gasteiger partial charge in [-0.15, -0.1) is 0 Å². The third-order valence-electron chi connectivity index (χ3n) is 4.46. The van der Waals surface area contributed by atoms with Gasteiger partial charge in [-0.1, -0.05) is 0 Å². The molecule has 4 N–H and O–H groups in total. The summed E-state index contributed by atoms with van der Waals surface area (Å²) in [4.78, 5) is 24.2. The number of nitrogen functional groups attached to an aromatic ring is 2. The summed E-state index contributed by atoms with van der Waals surface area (Å²) < 4.78 is 10.6. The summed E-state index contributed by atoms with van der Waals surface area (Å²) in [6.07, 6.45) is 2.44. The molecule has 0 bridgehead atoms. The Balaban J connectivity index is 2.14. The van der Waals surface area contributed by atoms with Crippen molar-refractivity contribution in [2.75, 3.05) is 24.7 Å². The molecule has 0 radical (unpaired) electrons. The van der Waals surface area contributed by atoms with Crippen LogP contribution >= 0.6 is 0 Å². The number of anilines is 2. The molecule has 3 rings (SSSR count). The fourth-order valence-electron chi connectivity index (χ4n) is 3.14. The molecule has 2 fully saturated rings. The summed E-state index contributed by atoms with van der Waals surface area (Å²) in [7, 11) is 0. The van der Waals surface area contributed by atoms with Crippen molar-refractivity contribution >= 4 is 22.9 Å². The number of benzene rings is 1. The van der Waals surface area contributed by atoms with Crippen molar-refractivity contribution in [1.29, 1.82) is 0 Å². The van der Waals surface area contributed by atoms with E-state index in [9.17, 15) is 9.59 Å². The van der Waals surface area contributed by atoms with Gasteiger partial charge in [-0.3, -0.25) is 9.59 Å². The molecule has 124 valence electrons. The molecule has 0 spiro atoms. The zero-order chi connectivity index (χ0) is 16.7. The molecule has 0 aromatic heterocycles. The predicted octanol–water partition coefficient (Wildman–Crippen LogP) is 1.53. The monoisotopic (exact) mass is 318 g/mol. The summed E-state index contributed by atoms with van der Waals surface area (Å²) in [5.41, 5.74) is 15.4. The maximum absolute atomic E-state index is 12.2. The first-order valence-electron chi connectivity index (χ1n) is 7.87. The molecule has 2 atom stereocenters. The largest absolute Gasteiger partial charge is 0.398 e. The van der Waals surface area contributed by atoms with Gasteiger partial charge in [-0.2, -0.15) is 0 Å². The molecular weight excluding hydrogens is 296 g/mol. The van der Waals surface area contributed by atoms with E-state index in [0.717, 1.165) is 24.2 Å². The lowest BCUT2D eigenvalue weighted by molar-refractivity contribution is 0.101. The number of carbonyl (C=O) groups is 2. The maximum Gasteiger partial charge on any atom is 0.163 e. The highest BCUT2D eigenvalue weighted by molar-refractivity contribution is 6.12. The molecule has 1 aromatic carbocycles. The minimum absolute atomic E-state index is 0.108. The molecule has 23 heavy (non-hydrogen) atoms. The molecule has 6 heteroatoms. The average Bonchev–Trinajstić information content (AvgIpc) is 3.34. The van der Waals surface area contributed by atoms with Crippen molar-refractivity contribution in [3.8, 4) is 0 Å². The fraction of sp³-hybridized carbons (Fsp3) is 0.529. The van der Waals surface area contributed by atoms with Crippen molar-refractivity contribution in [1.82, 2.24) is 0 Å². The number of ketones is 2. The minimum atomic E-state index is -0.224. The molecule has 0 saturated carbocycles. The Hall–Kier alpha value is -1.92. The van der Waals surface area contributed by atoms with Crippen molar-refractivity contribution in [3.63, 3.8) is 0 Å². The third kappa shape index (κ3) is 3.23. The van der Waals surface area contributed by atoms with Crippen LogP contribution in [0, 0.1) is 0 Å². The van der Waals surface area contributed by atoms with Gasteiger partial charge in [-0.05, 0) is 37.8 Å². The molecule has 0 amide bonds. The summed E-state index contributed by atoms with van der Waals surface area (Å²) in [6.45, 7) is 4.33. The molecule has 2 aliphatic heterocycles. The molecule has 2 heterocycles. The van der Waals surface area contributed by atoms with Crippen LogP contribution in [0.2, 0.25) is 0 Å². The molecular formula is C17H22N2O4. The van der Waals surface area contributed by atoms with E-state index in [0.29, 0.717) is 30.7 Å². The van der Waals surface area contributed by atoms with Crippen molar-refractivity contribution in [2.24, 2.45) is 0 Å². The minimum Gasteiger partial charge on any atom is -0.398 e. The van der Waals surface area contributed by atoms with Gasteiger partial charge in [0.05, 0.1) is 36.7 Å². The number of hydrogen-bond acceptors (Lipinski definition) is 6. The second-order valence-electron chi connectivity index (χ2n) is 6.30. The van der Waals surface area contributed by atoms with E-state index >= 15 is 0 Å². The molecule has 2 aliphatic rings. The molecule has 6 nitrogen and oxygen atoms in total. The Bertz CT molecular complexity index is 676. The Kier molecular flexibility index (Phi) is 4.12. The van der Waals surface area contributed by atoms with Gasteiger partial charge in [0.15, 0.2) is 11.6 Å². The van der Waals surface area contributed by atoms with Crippen LogP contribution in [0.15, 0.2) is 0 Å². The zero-order valence-corrected chi connectivity index (χ0v) is 13.5. The lowest BCUT2D eigenvalue weighted by Gasteiger charge is -2.21. The van der Waals surface area contributed by atoms with Crippen molar-refractivity contribution in [3.05, 3.63) is 22.3 Å². The Morgan fingerprint density at radius 3 is 2.00 bits per heavy atom. The van der Waals surface area contributed by atoms with Crippen LogP contribution in [0.25, 0.3) is 0 Å². The molecule has 0 aliphatic carbocycles. The van der Waals surface area contributed by atoms with Crippen LogP contribution in [0.4, 0.5) is 11.4 Å². The Morgan fingerprint density at radius 1 is 0.957 bits per heavy atom. The Labute approximate surface area is 135 Å². The molecule has 2 saturated heterocycles. The first kappa shape index (κ1) is 16.0. The van der Waals surface area contributed by atoms with Gasteiger partial charge in [0.25, 0.3) is 0 Å². The van der Waals surface area contributed by atoms with Gasteiger partial charge in [0.2, 0.25) is 0 Å². The standard InChI is InChI=1S/C17H22N2O4/c1-8(20)14-12(4-3-10-6-22-10)13(5-11-7-23-11)16(18)15(9(2)21)17(14)19/h10-11H,3-7,18-19H2,1-2H3. The highest BCUT2D eigenvalue weighted by atomic mass is 16.6. The number of carbonyl (C=O) groups excluding carboxylic acids is 2.